The van der Waals surface area contributed by atoms with Crippen molar-refractivity contribution in [2.45, 2.75) is 143 Å². The molecule has 0 saturated carbocycles. The lowest BCUT2D eigenvalue weighted by Crippen LogP contribution is -2.00. The van der Waals surface area contributed by atoms with Gasteiger partial charge in [-0.05, 0) is 96.8 Å². The molecule has 0 saturated heterocycles. The van der Waals surface area contributed by atoms with Gasteiger partial charge in [0.25, 0.3) is 0 Å². The Morgan fingerprint density at radius 2 is 0.812 bits per heavy atom. The largest absolute Gasteiger partial charge is 0.493 e. The molecular formula is C44H62O2S2. The van der Waals surface area contributed by atoms with Gasteiger partial charge in [0.1, 0.15) is 11.5 Å². The first-order chi connectivity index (χ1) is 23.7. The topological polar surface area (TPSA) is 18.5 Å². The van der Waals surface area contributed by atoms with Crippen LogP contribution in [-0.4, -0.2) is 13.2 Å². The van der Waals surface area contributed by atoms with Crippen molar-refractivity contribution >= 4 is 22.7 Å². The first-order valence-corrected chi connectivity index (χ1v) is 21.1. The number of hydrogen-bond acceptors (Lipinski definition) is 4. The van der Waals surface area contributed by atoms with Crippen molar-refractivity contribution in [3.8, 4) is 43.5 Å². The summed E-state index contributed by atoms with van der Waals surface area (Å²) in [5.74, 6) is 2.02. The predicted octanol–water partition coefficient (Wildman–Crippen LogP) is 15.0. The molecule has 0 N–H and O–H groups in total. The smallest absolute Gasteiger partial charge is 0.127 e. The summed E-state index contributed by atoms with van der Waals surface area (Å²) in [4.78, 5) is 2.66. The van der Waals surface area contributed by atoms with Crippen LogP contribution in [0.3, 0.4) is 0 Å². The fraction of sp³-hybridized carbons (Fsp3) is 0.545. The zero-order valence-electron chi connectivity index (χ0n) is 30.5. The van der Waals surface area contributed by atoms with Crippen LogP contribution in [-0.2, 0) is 12.8 Å². The minimum absolute atomic E-state index is 0.758. The molecule has 4 rings (SSSR count). The molecule has 48 heavy (non-hydrogen) atoms. The third kappa shape index (κ3) is 11.8. The van der Waals surface area contributed by atoms with E-state index in [1.54, 1.807) is 0 Å². The van der Waals surface area contributed by atoms with Gasteiger partial charge in [-0.15, -0.1) is 22.7 Å². The lowest BCUT2D eigenvalue weighted by Gasteiger charge is -2.16. The van der Waals surface area contributed by atoms with Gasteiger partial charge in [-0.3, -0.25) is 0 Å². The van der Waals surface area contributed by atoms with Crippen molar-refractivity contribution < 1.29 is 9.47 Å². The third-order valence-electron chi connectivity index (χ3n) is 9.35. The highest BCUT2D eigenvalue weighted by Crippen LogP contribution is 2.48. The Kier molecular flexibility index (Phi) is 17.7. The van der Waals surface area contributed by atoms with Crippen LogP contribution in [0.15, 0.2) is 59.3 Å². The third-order valence-corrected chi connectivity index (χ3v) is 11.3. The molecule has 4 heteroatoms. The molecule has 0 unspecified atom stereocenters. The highest BCUT2D eigenvalue weighted by atomic mass is 32.1. The molecular weight excluding hydrogens is 625 g/mol. The number of ether oxygens (including phenoxy) is 2. The van der Waals surface area contributed by atoms with Gasteiger partial charge < -0.3 is 9.47 Å². The summed E-state index contributed by atoms with van der Waals surface area (Å²) in [6.45, 7) is 10.6. The maximum atomic E-state index is 6.46. The molecule has 2 aromatic heterocycles. The molecule has 0 atom stereocenters. The Hall–Kier alpha value is -2.56. The number of rotatable bonds is 25. The van der Waals surface area contributed by atoms with Crippen LogP contribution in [0.2, 0.25) is 0 Å². The van der Waals surface area contributed by atoms with Crippen LogP contribution in [0.25, 0.3) is 32.0 Å². The summed E-state index contributed by atoms with van der Waals surface area (Å²) in [6, 6.07) is 18.5. The van der Waals surface area contributed by atoms with E-state index in [-0.39, 0.29) is 0 Å². The summed E-state index contributed by atoms with van der Waals surface area (Å²) in [5.41, 5.74) is 7.89. The molecule has 262 valence electrons. The Morgan fingerprint density at radius 1 is 0.417 bits per heavy atom. The molecule has 0 fully saturated rings. The Labute approximate surface area is 301 Å². The second-order valence-corrected chi connectivity index (χ2v) is 15.3. The zero-order valence-corrected chi connectivity index (χ0v) is 32.2. The minimum Gasteiger partial charge on any atom is -0.493 e. The maximum Gasteiger partial charge on any atom is 0.127 e. The summed E-state index contributed by atoms with van der Waals surface area (Å²) < 4.78 is 12.9. The van der Waals surface area contributed by atoms with E-state index in [2.05, 4.69) is 87.0 Å². The highest BCUT2D eigenvalue weighted by Gasteiger charge is 2.21. The van der Waals surface area contributed by atoms with Crippen molar-refractivity contribution in [2.75, 3.05) is 13.2 Å². The molecule has 0 radical (unpaired) electrons. The highest BCUT2D eigenvalue weighted by molar-refractivity contribution is 7.21. The van der Waals surface area contributed by atoms with Crippen molar-refractivity contribution in [1.82, 2.24) is 0 Å². The summed E-state index contributed by atoms with van der Waals surface area (Å²) in [6.07, 6.45) is 22.5. The van der Waals surface area contributed by atoms with Gasteiger partial charge in [-0.25, -0.2) is 0 Å². The standard InChI is InChI=1S/C44H62O2S2/c1-5-9-13-15-17-19-21-35-23-25-41(45-29-11-7-3)39(33-35)37-27-31-47-43(37)44-38(28-32-48-44)40-34-36(22-20-18-16-14-10-6-2)24-26-42(40)46-30-12-8-4/h23-28,31-34H,5-22,29-30H2,1-4H3. The van der Waals surface area contributed by atoms with Gasteiger partial charge in [0.15, 0.2) is 0 Å². The van der Waals surface area contributed by atoms with E-state index in [1.165, 1.54) is 120 Å². The van der Waals surface area contributed by atoms with E-state index in [9.17, 15) is 0 Å². The fourth-order valence-electron chi connectivity index (χ4n) is 6.40. The Morgan fingerprint density at radius 3 is 1.23 bits per heavy atom. The predicted molar refractivity (Wildman–Crippen MR) is 213 cm³/mol. The van der Waals surface area contributed by atoms with Gasteiger partial charge in [-0.2, -0.15) is 0 Å². The van der Waals surface area contributed by atoms with Crippen LogP contribution < -0.4 is 9.47 Å². The summed E-state index contributed by atoms with van der Waals surface area (Å²) >= 11 is 3.70. The molecule has 0 aliphatic rings. The van der Waals surface area contributed by atoms with Crippen molar-refractivity contribution in [2.24, 2.45) is 0 Å². The first kappa shape index (κ1) is 38.2. The van der Waals surface area contributed by atoms with E-state index in [1.807, 2.05) is 22.7 Å². The van der Waals surface area contributed by atoms with Gasteiger partial charge in [-0.1, -0.05) is 117 Å². The number of unbranched alkanes of at least 4 members (excludes halogenated alkanes) is 12. The molecule has 0 aliphatic heterocycles. The molecule has 2 heterocycles. The van der Waals surface area contributed by atoms with Crippen molar-refractivity contribution in [3.63, 3.8) is 0 Å². The fourth-order valence-corrected chi connectivity index (χ4v) is 8.42. The minimum atomic E-state index is 0.758. The van der Waals surface area contributed by atoms with Crippen LogP contribution in [0.4, 0.5) is 0 Å². The SMILES string of the molecule is CCCCCCCCc1ccc(OCCCC)c(-c2ccsc2-c2sccc2-c2cc(CCCCCCCC)ccc2OCCCC)c1. The normalized spacial score (nSPS) is 11.3. The molecule has 0 aliphatic carbocycles. The van der Waals surface area contributed by atoms with Crippen LogP contribution in [0.5, 0.6) is 11.5 Å². The second-order valence-electron chi connectivity index (χ2n) is 13.4. The average Bonchev–Trinajstić information content (AvgIpc) is 3.79. The molecule has 2 nitrogen and oxygen atoms in total. The van der Waals surface area contributed by atoms with Crippen LogP contribution >= 0.6 is 22.7 Å². The second kappa shape index (κ2) is 22.2. The van der Waals surface area contributed by atoms with E-state index in [0.29, 0.717) is 0 Å². The Balaban J connectivity index is 1.64. The van der Waals surface area contributed by atoms with Gasteiger partial charge in [0.05, 0.1) is 23.0 Å². The first-order valence-electron chi connectivity index (χ1n) is 19.4. The molecule has 2 aromatic carbocycles. The van der Waals surface area contributed by atoms with E-state index >= 15 is 0 Å². The average molecular weight is 687 g/mol. The van der Waals surface area contributed by atoms with Gasteiger partial charge in [0, 0.05) is 22.3 Å². The Bertz CT molecular complexity index is 1340. The number of thiophene rings is 2. The number of benzene rings is 2. The number of aryl methyl sites for hydroxylation is 2. The monoisotopic (exact) mass is 686 g/mol. The molecule has 4 aromatic rings. The molecule has 0 bridgehead atoms. The lowest BCUT2D eigenvalue weighted by molar-refractivity contribution is 0.310. The van der Waals surface area contributed by atoms with Crippen molar-refractivity contribution in [1.29, 1.82) is 0 Å². The van der Waals surface area contributed by atoms with Crippen LogP contribution in [0.1, 0.15) is 142 Å². The summed E-state index contributed by atoms with van der Waals surface area (Å²) in [5, 5.41) is 4.52. The molecule has 0 amide bonds. The maximum absolute atomic E-state index is 6.46. The quantitative estimate of drug-likeness (QED) is 0.0646. The van der Waals surface area contributed by atoms with E-state index < -0.39 is 0 Å². The van der Waals surface area contributed by atoms with Gasteiger partial charge >= 0.3 is 0 Å². The summed E-state index contributed by atoms with van der Waals surface area (Å²) in [7, 11) is 0. The van der Waals surface area contributed by atoms with Gasteiger partial charge in [0.2, 0.25) is 0 Å². The number of hydrogen-bond donors (Lipinski definition) is 0. The van der Waals surface area contributed by atoms with E-state index in [0.717, 1.165) is 63.2 Å². The van der Waals surface area contributed by atoms with E-state index in [4.69, 9.17) is 9.47 Å². The molecule has 0 spiro atoms. The van der Waals surface area contributed by atoms with Crippen LogP contribution in [0, 0.1) is 0 Å². The zero-order chi connectivity index (χ0) is 33.8. The van der Waals surface area contributed by atoms with Crippen molar-refractivity contribution in [3.05, 3.63) is 70.4 Å². The lowest BCUT2D eigenvalue weighted by atomic mass is 9.96.